The normalized spacial score (nSPS) is 19.7. The minimum absolute atomic E-state index is 0.117. The lowest BCUT2D eigenvalue weighted by Gasteiger charge is -2.30. The Morgan fingerprint density at radius 2 is 1.80 bits per heavy atom. The highest BCUT2D eigenvalue weighted by Gasteiger charge is 2.24. The van der Waals surface area contributed by atoms with E-state index >= 15 is 0 Å². The molecule has 1 saturated heterocycles. The van der Waals surface area contributed by atoms with E-state index in [1.54, 1.807) is 19.1 Å². The molecule has 0 bridgehead atoms. The van der Waals surface area contributed by atoms with Gasteiger partial charge in [-0.1, -0.05) is 36.4 Å². The molecular weight excluding hydrogens is 378 g/mol. The van der Waals surface area contributed by atoms with Crippen LogP contribution in [0.1, 0.15) is 24.0 Å². The quantitative estimate of drug-likeness (QED) is 0.546. The van der Waals surface area contributed by atoms with Crippen molar-refractivity contribution < 1.29 is 24.1 Å². The second kappa shape index (κ2) is 11.0. The molecule has 30 heavy (non-hydrogen) atoms. The van der Waals surface area contributed by atoms with Crippen LogP contribution in [0.5, 0.6) is 11.5 Å². The summed E-state index contributed by atoms with van der Waals surface area (Å²) in [6.45, 7) is 4.41. The van der Waals surface area contributed by atoms with Crippen LogP contribution < -0.4 is 24.6 Å². The summed E-state index contributed by atoms with van der Waals surface area (Å²) >= 11 is 0. The highest BCUT2D eigenvalue weighted by Crippen LogP contribution is 2.29. The minimum atomic E-state index is 0.117. The molecule has 1 amide bonds. The molecule has 2 aromatic carbocycles. The molecule has 1 aliphatic heterocycles. The van der Waals surface area contributed by atoms with Gasteiger partial charge in [-0.15, -0.1) is 0 Å². The third kappa shape index (κ3) is 6.21. The largest absolute Gasteiger partial charge is 0.493 e. The van der Waals surface area contributed by atoms with Crippen LogP contribution in [-0.4, -0.2) is 52.9 Å². The Morgan fingerprint density at radius 3 is 2.47 bits per heavy atom. The van der Waals surface area contributed by atoms with Gasteiger partial charge in [0.15, 0.2) is 18.0 Å². The van der Waals surface area contributed by atoms with Crippen LogP contribution in [0, 0.1) is 0 Å². The lowest BCUT2D eigenvalue weighted by atomic mass is 10.0. The van der Waals surface area contributed by atoms with E-state index in [2.05, 4.69) is 35.6 Å². The fraction of sp³-hybridized carbons (Fsp3) is 0.458. The number of methoxy groups -OCH3 is 2. The molecule has 0 radical (unpaired) electrons. The summed E-state index contributed by atoms with van der Waals surface area (Å²) in [6.07, 6.45) is 2.08. The molecule has 1 aliphatic rings. The van der Waals surface area contributed by atoms with E-state index < -0.39 is 0 Å². The summed E-state index contributed by atoms with van der Waals surface area (Å²) in [5, 5.41) is 3.24. The fourth-order valence-electron chi connectivity index (χ4n) is 4.27. The van der Waals surface area contributed by atoms with Crippen molar-refractivity contribution in [3.8, 4) is 11.5 Å². The summed E-state index contributed by atoms with van der Waals surface area (Å²) in [7, 11) is 5.32. The number of piperidine rings is 1. The molecule has 0 aromatic heterocycles. The van der Waals surface area contributed by atoms with Gasteiger partial charge in [-0.2, -0.15) is 0 Å². The summed E-state index contributed by atoms with van der Waals surface area (Å²) in [5.74, 6) is 1.58. The maximum atomic E-state index is 12.6. The zero-order valence-corrected chi connectivity index (χ0v) is 18.4. The van der Waals surface area contributed by atoms with Crippen LogP contribution in [0.2, 0.25) is 0 Å². The lowest BCUT2D eigenvalue weighted by molar-refractivity contribution is -0.918. The predicted octanol–water partition coefficient (Wildman–Crippen LogP) is 0.0822. The molecule has 1 atom stereocenters. The maximum Gasteiger partial charge on any atom is 0.275 e. The van der Waals surface area contributed by atoms with Gasteiger partial charge in [0.25, 0.3) is 5.91 Å². The number of likely N-dealkylation sites (tertiary alicyclic amines) is 1. The van der Waals surface area contributed by atoms with E-state index in [9.17, 15) is 4.79 Å². The van der Waals surface area contributed by atoms with Crippen molar-refractivity contribution in [2.24, 2.45) is 0 Å². The van der Waals surface area contributed by atoms with Crippen LogP contribution in [0.3, 0.4) is 0 Å². The topological polar surface area (TPSA) is 56.4 Å². The summed E-state index contributed by atoms with van der Waals surface area (Å²) < 4.78 is 10.9. The van der Waals surface area contributed by atoms with Gasteiger partial charge in [-0.3, -0.25) is 4.79 Å². The molecule has 1 unspecified atom stereocenters. The first kappa shape index (κ1) is 22.1. The van der Waals surface area contributed by atoms with Crippen molar-refractivity contribution in [3.63, 3.8) is 0 Å². The van der Waals surface area contributed by atoms with Gasteiger partial charge in [0.1, 0.15) is 13.1 Å². The zero-order chi connectivity index (χ0) is 21.3. The van der Waals surface area contributed by atoms with Gasteiger partial charge >= 0.3 is 0 Å². The number of nitrogens with one attached hydrogen (secondary N) is 3. The Balaban J connectivity index is 1.43. The van der Waals surface area contributed by atoms with Crippen molar-refractivity contribution in [1.29, 1.82) is 0 Å². The molecule has 1 fully saturated rings. The number of ether oxygens (including phenoxy) is 2. The fourth-order valence-corrected chi connectivity index (χ4v) is 4.27. The monoisotopic (exact) mass is 413 g/mol. The van der Waals surface area contributed by atoms with Crippen LogP contribution >= 0.6 is 0 Å². The zero-order valence-electron chi connectivity index (χ0n) is 18.4. The third-order valence-electron chi connectivity index (χ3n) is 5.79. The van der Waals surface area contributed by atoms with E-state index in [1.807, 2.05) is 25.2 Å². The molecule has 0 saturated carbocycles. The van der Waals surface area contributed by atoms with Crippen molar-refractivity contribution in [3.05, 3.63) is 59.7 Å². The molecule has 6 heteroatoms. The van der Waals surface area contributed by atoms with Gasteiger partial charge in [-0.25, -0.2) is 0 Å². The minimum Gasteiger partial charge on any atom is -0.493 e. The SMILES string of the molecule is COc1cccc(C[NH+](C)CC(=O)NC2CC[NH+](Cc3ccccc3)CC2)c1OC. The van der Waals surface area contributed by atoms with Crippen LogP contribution in [0.4, 0.5) is 0 Å². The number of amides is 1. The standard InChI is InChI=1S/C24H33N3O3/c1-26(17-20-10-7-11-22(29-2)24(20)30-3)18-23(28)25-21-12-14-27(15-13-21)16-19-8-5-4-6-9-19/h4-11,21H,12-18H2,1-3H3,(H,25,28)/p+2. The highest BCUT2D eigenvalue weighted by molar-refractivity contribution is 5.77. The second-order valence-electron chi connectivity index (χ2n) is 8.22. The van der Waals surface area contributed by atoms with Crippen molar-refractivity contribution in [2.75, 3.05) is 40.9 Å². The van der Waals surface area contributed by atoms with E-state index in [1.165, 1.54) is 5.56 Å². The van der Waals surface area contributed by atoms with Crippen molar-refractivity contribution in [1.82, 2.24) is 5.32 Å². The van der Waals surface area contributed by atoms with E-state index in [-0.39, 0.29) is 11.9 Å². The molecule has 0 aliphatic carbocycles. The number of carbonyl (C=O) groups is 1. The first-order valence-corrected chi connectivity index (χ1v) is 10.8. The van der Waals surface area contributed by atoms with Crippen LogP contribution in [0.15, 0.2) is 48.5 Å². The smallest absolute Gasteiger partial charge is 0.275 e. The molecule has 0 spiro atoms. The highest BCUT2D eigenvalue weighted by atomic mass is 16.5. The summed E-state index contributed by atoms with van der Waals surface area (Å²) in [4.78, 5) is 15.3. The Hall–Kier alpha value is -2.57. The van der Waals surface area contributed by atoms with Gasteiger partial charge in [0.05, 0.1) is 39.9 Å². The number of rotatable bonds is 9. The van der Waals surface area contributed by atoms with Gasteiger partial charge in [0.2, 0.25) is 0 Å². The number of hydrogen-bond donors (Lipinski definition) is 3. The number of carbonyl (C=O) groups excluding carboxylic acids is 1. The Bertz CT molecular complexity index is 805. The molecule has 3 N–H and O–H groups in total. The lowest BCUT2D eigenvalue weighted by Crippen LogP contribution is -3.12. The van der Waals surface area contributed by atoms with Crippen molar-refractivity contribution >= 4 is 5.91 Å². The first-order chi connectivity index (χ1) is 14.6. The first-order valence-electron chi connectivity index (χ1n) is 10.8. The van der Waals surface area contributed by atoms with Gasteiger partial charge in [-0.05, 0) is 12.1 Å². The second-order valence-corrected chi connectivity index (χ2v) is 8.22. The van der Waals surface area contributed by atoms with Gasteiger partial charge in [0, 0.05) is 24.4 Å². The summed E-state index contributed by atoms with van der Waals surface area (Å²) in [6, 6.07) is 16.8. The number of hydrogen-bond acceptors (Lipinski definition) is 3. The third-order valence-corrected chi connectivity index (χ3v) is 5.79. The molecule has 1 heterocycles. The molecular formula is C24H35N3O3+2. The molecule has 2 aromatic rings. The van der Waals surface area contributed by atoms with E-state index in [0.29, 0.717) is 13.1 Å². The number of benzene rings is 2. The van der Waals surface area contributed by atoms with E-state index in [0.717, 1.165) is 54.4 Å². The Kier molecular flexibility index (Phi) is 8.11. The van der Waals surface area contributed by atoms with Gasteiger partial charge < -0.3 is 24.6 Å². The Morgan fingerprint density at radius 1 is 1.07 bits per heavy atom. The molecule has 3 rings (SSSR count). The average Bonchev–Trinajstić information content (AvgIpc) is 2.75. The molecule has 6 nitrogen and oxygen atoms in total. The number of quaternary nitrogens is 2. The predicted molar refractivity (Wildman–Crippen MR) is 117 cm³/mol. The average molecular weight is 414 g/mol. The summed E-state index contributed by atoms with van der Waals surface area (Å²) in [5.41, 5.74) is 2.42. The number of likely N-dealkylation sites (N-methyl/N-ethyl adjacent to an activating group) is 1. The van der Waals surface area contributed by atoms with Crippen molar-refractivity contribution in [2.45, 2.75) is 32.0 Å². The van der Waals surface area contributed by atoms with Crippen LogP contribution in [0.25, 0.3) is 0 Å². The molecule has 162 valence electrons. The van der Waals surface area contributed by atoms with E-state index in [4.69, 9.17) is 9.47 Å². The Labute approximate surface area is 179 Å². The number of para-hydroxylation sites is 1. The van der Waals surface area contributed by atoms with Crippen LogP contribution in [-0.2, 0) is 17.9 Å². The maximum absolute atomic E-state index is 12.6.